The van der Waals surface area contributed by atoms with E-state index >= 15 is 0 Å². The molecule has 0 atom stereocenters. The van der Waals surface area contributed by atoms with Gasteiger partial charge in [0.2, 0.25) is 0 Å². The van der Waals surface area contributed by atoms with Gasteiger partial charge in [0, 0.05) is 5.56 Å². The van der Waals surface area contributed by atoms with Gasteiger partial charge in [-0.25, -0.2) is 4.39 Å². The summed E-state index contributed by atoms with van der Waals surface area (Å²) >= 11 is 6.00. The molecule has 0 heterocycles. The lowest BCUT2D eigenvalue weighted by atomic mass is 10.2. The molecule has 0 aromatic heterocycles. The maximum atomic E-state index is 12.8. The molecule has 1 N–H and O–H groups in total. The summed E-state index contributed by atoms with van der Waals surface area (Å²) in [6.45, 7) is 2.58. The molecule has 1 amide bonds. The van der Waals surface area contributed by atoms with Crippen molar-refractivity contribution in [2.75, 3.05) is 13.2 Å². The van der Waals surface area contributed by atoms with Gasteiger partial charge in [-0.15, -0.1) is 0 Å². The second-order valence-corrected chi connectivity index (χ2v) is 4.95. The van der Waals surface area contributed by atoms with Crippen molar-refractivity contribution in [2.24, 2.45) is 0 Å². The Bertz CT molecular complexity index is 629. The van der Waals surface area contributed by atoms with Gasteiger partial charge in [0.1, 0.15) is 18.2 Å². The van der Waals surface area contributed by atoms with Crippen molar-refractivity contribution in [1.29, 1.82) is 0 Å². The van der Waals surface area contributed by atoms with Gasteiger partial charge >= 0.3 is 0 Å². The number of rotatable bonds is 5. The van der Waals surface area contributed by atoms with Crippen LogP contribution in [0.1, 0.15) is 15.9 Å². The van der Waals surface area contributed by atoms with Crippen molar-refractivity contribution in [3.05, 3.63) is 64.4 Å². The zero-order chi connectivity index (χ0) is 15.2. The van der Waals surface area contributed by atoms with Crippen LogP contribution in [0.25, 0.3) is 0 Å². The van der Waals surface area contributed by atoms with E-state index in [-0.39, 0.29) is 11.7 Å². The molecular formula is C16H15ClFNO2. The lowest BCUT2D eigenvalue weighted by molar-refractivity contribution is 0.0947. The third-order valence-electron chi connectivity index (χ3n) is 2.84. The molecule has 0 saturated heterocycles. The molecule has 5 heteroatoms. The van der Waals surface area contributed by atoms with Crippen molar-refractivity contribution in [3.8, 4) is 5.75 Å². The van der Waals surface area contributed by atoms with Crippen molar-refractivity contribution >= 4 is 17.5 Å². The molecule has 2 aromatic carbocycles. The Morgan fingerprint density at radius 1 is 1.24 bits per heavy atom. The minimum absolute atomic E-state index is 0.270. The molecule has 0 aliphatic heterocycles. The van der Waals surface area contributed by atoms with E-state index in [1.54, 1.807) is 6.07 Å². The van der Waals surface area contributed by atoms with Crippen LogP contribution in [0.5, 0.6) is 5.75 Å². The molecule has 21 heavy (non-hydrogen) atoms. The van der Waals surface area contributed by atoms with Gasteiger partial charge < -0.3 is 10.1 Å². The summed E-state index contributed by atoms with van der Waals surface area (Å²) < 4.78 is 18.3. The number of hydrogen-bond donors (Lipinski definition) is 1. The fourth-order valence-corrected chi connectivity index (χ4v) is 1.92. The molecule has 0 saturated carbocycles. The number of halogens is 2. The molecular weight excluding hydrogens is 293 g/mol. The fraction of sp³-hybridized carbons (Fsp3) is 0.188. The van der Waals surface area contributed by atoms with Crippen molar-refractivity contribution in [3.63, 3.8) is 0 Å². The largest absolute Gasteiger partial charge is 0.490 e. The Hall–Kier alpha value is -2.07. The van der Waals surface area contributed by atoms with E-state index < -0.39 is 0 Å². The monoisotopic (exact) mass is 307 g/mol. The first-order valence-electron chi connectivity index (χ1n) is 6.49. The predicted molar refractivity (Wildman–Crippen MR) is 80.4 cm³/mol. The number of amides is 1. The first-order chi connectivity index (χ1) is 10.1. The lowest BCUT2D eigenvalue weighted by Gasteiger charge is -2.10. The molecule has 2 rings (SSSR count). The van der Waals surface area contributed by atoms with Crippen LogP contribution in [-0.4, -0.2) is 19.1 Å². The Morgan fingerprint density at radius 3 is 2.67 bits per heavy atom. The van der Waals surface area contributed by atoms with Crippen LogP contribution >= 0.6 is 11.6 Å². The maximum absolute atomic E-state index is 12.8. The van der Waals surface area contributed by atoms with E-state index in [0.717, 1.165) is 5.56 Å². The highest BCUT2D eigenvalue weighted by Crippen LogP contribution is 2.24. The Kier molecular flexibility index (Phi) is 5.17. The van der Waals surface area contributed by atoms with Crippen LogP contribution in [-0.2, 0) is 0 Å². The second kappa shape index (κ2) is 7.09. The minimum atomic E-state index is -0.371. The third kappa shape index (κ3) is 4.46. The zero-order valence-electron chi connectivity index (χ0n) is 11.5. The summed E-state index contributed by atoms with van der Waals surface area (Å²) in [6, 6.07) is 10.9. The fourth-order valence-electron chi connectivity index (χ4n) is 1.75. The Morgan fingerprint density at radius 2 is 1.95 bits per heavy atom. The van der Waals surface area contributed by atoms with E-state index in [1.165, 1.54) is 24.3 Å². The van der Waals surface area contributed by atoms with Gasteiger partial charge in [-0.2, -0.15) is 0 Å². The van der Waals surface area contributed by atoms with Crippen LogP contribution in [0.3, 0.4) is 0 Å². The van der Waals surface area contributed by atoms with E-state index in [9.17, 15) is 9.18 Å². The minimum Gasteiger partial charge on any atom is -0.490 e. The first-order valence-corrected chi connectivity index (χ1v) is 6.87. The number of carbonyl (C=O) groups is 1. The average molecular weight is 308 g/mol. The molecule has 110 valence electrons. The van der Waals surface area contributed by atoms with Gasteiger partial charge in [-0.1, -0.05) is 17.7 Å². The molecule has 0 aliphatic carbocycles. The molecule has 0 fully saturated rings. The van der Waals surface area contributed by atoms with Crippen LogP contribution in [0, 0.1) is 12.7 Å². The number of nitrogens with one attached hydrogen (secondary N) is 1. The molecule has 0 spiro atoms. The van der Waals surface area contributed by atoms with Gasteiger partial charge in [0.15, 0.2) is 0 Å². The SMILES string of the molecule is Cc1ccc(Cl)c(OCCNC(=O)c2ccc(F)cc2)c1. The average Bonchev–Trinajstić information content (AvgIpc) is 2.47. The normalized spacial score (nSPS) is 10.2. The van der Waals surface area contributed by atoms with Gasteiger partial charge in [0.25, 0.3) is 5.91 Å². The number of aryl methyl sites for hydroxylation is 1. The molecule has 0 aliphatic rings. The van der Waals surface area contributed by atoms with Crippen molar-refractivity contribution in [1.82, 2.24) is 5.32 Å². The van der Waals surface area contributed by atoms with E-state index in [2.05, 4.69) is 5.32 Å². The highest BCUT2D eigenvalue weighted by molar-refractivity contribution is 6.32. The van der Waals surface area contributed by atoms with Crippen LogP contribution in [0.15, 0.2) is 42.5 Å². The molecule has 0 bridgehead atoms. The summed E-state index contributed by atoms with van der Waals surface area (Å²) in [6.07, 6.45) is 0. The van der Waals surface area contributed by atoms with Crippen LogP contribution in [0.4, 0.5) is 4.39 Å². The molecule has 0 unspecified atom stereocenters. The number of hydrogen-bond acceptors (Lipinski definition) is 2. The number of ether oxygens (including phenoxy) is 1. The highest BCUT2D eigenvalue weighted by atomic mass is 35.5. The van der Waals surface area contributed by atoms with Gasteiger partial charge in [-0.3, -0.25) is 4.79 Å². The van der Waals surface area contributed by atoms with E-state index in [0.29, 0.717) is 29.5 Å². The number of benzene rings is 2. The summed E-state index contributed by atoms with van der Waals surface area (Å²) in [4.78, 5) is 11.8. The van der Waals surface area contributed by atoms with E-state index in [4.69, 9.17) is 16.3 Å². The van der Waals surface area contributed by atoms with Crippen LogP contribution < -0.4 is 10.1 Å². The lowest BCUT2D eigenvalue weighted by Crippen LogP contribution is -2.28. The quantitative estimate of drug-likeness (QED) is 0.857. The Balaban J connectivity index is 1.80. The molecule has 2 aromatic rings. The topological polar surface area (TPSA) is 38.3 Å². The van der Waals surface area contributed by atoms with Gasteiger partial charge in [0.05, 0.1) is 11.6 Å². The highest BCUT2D eigenvalue weighted by Gasteiger charge is 2.05. The standard InChI is InChI=1S/C16H15ClFNO2/c1-11-2-7-14(17)15(10-11)21-9-8-19-16(20)12-3-5-13(18)6-4-12/h2-7,10H,8-9H2,1H3,(H,19,20). The Labute approximate surface area is 127 Å². The van der Waals surface area contributed by atoms with Crippen molar-refractivity contribution < 1.29 is 13.9 Å². The van der Waals surface area contributed by atoms with Gasteiger partial charge in [-0.05, 0) is 48.9 Å². The predicted octanol–water partition coefficient (Wildman–Crippen LogP) is 3.60. The summed E-state index contributed by atoms with van der Waals surface area (Å²) in [5.41, 5.74) is 1.45. The summed E-state index contributed by atoms with van der Waals surface area (Å²) in [5, 5.41) is 3.23. The summed E-state index contributed by atoms with van der Waals surface area (Å²) in [7, 11) is 0. The maximum Gasteiger partial charge on any atom is 0.251 e. The number of carbonyl (C=O) groups excluding carboxylic acids is 1. The molecule has 3 nitrogen and oxygen atoms in total. The summed E-state index contributed by atoms with van der Waals surface area (Å²) in [5.74, 6) is -0.0504. The van der Waals surface area contributed by atoms with E-state index in [1.807, 2.05) is 19.1 Å². The van der Waals surface area contributed by atoms with Crippen molar-refractivity contribution in [2.45, 2.75) is 6.92 Å². The molecule has 0 radical (unpaired) electrons. The first kappa shape index (κ1) is 15.3. The third-order valence-corrected chi connectivity index (χ3v) is 3.15. The van der Waals surface area contributed by atoms with Crippen LogP contribution in [0.2, 0.25) is 5.02 Å². The zero-order valence-corrected chi connectivity index (χ0v) is 12.3. The second-order valence-electron chi connectivity index (χ2n) is 4.55. The smallest absolute Gasteiger partial charge is 0.251 e.